The lowest BCUT2D eigenvalue weighted by molar-refractivity contribution is -0.274. The van der Waals surface area contributed by atoms with Gasteiger partial charge in [-0.25, -0.2) is 9.97 Å². The molecule has 3 heterocycles. The van der Waals surface area contributed by atoms with E-state index in [0.29, 0.717) is 12.2 Å². The zero-order valence-electron chi connectivity index (χ0n) is 16.4. The van der Waals surface area contributed by atoms with Gasteiger partial charge in [-0.2, -0.15) is 0 Å². The minimum absolute atomic E-state index is 0.0631. The molecular weight excluding hydrogens is 413 g/mol. The Morgan fingerprint density at radius 3 is 3.00 bits per heavy atom. The molecular formula is C20H21F3N6O2. The van der Waals surface area contributed by atoms with Gasteiger partial charge in [-0.3, -0.25) is 4.79 Å². The summed E-state index contributed by atoms with van der Waals surface area (Å²) < 4.78 is 40.9. The van der Waals surface area contributed by atoms with Gasteiger partial charge in [0.05, 0.1) is 11.9 Å². The first kappa shape index (κ1) is 20.8. The largest absolute Gasteiger partial charge is 0.573 e. The van der Waals surface area contributed by atoms with Crippen LogP contribution in [0.3, 0.4) is 0 Å². The van der Waals surface area contributed by atoms with Crippen molar-refractivity contribution >= 4 is 28.4 Å². The summed E-state index contributed by atoms with van der Waals surface area (Å²) in [6.45, 7) is 1.37. The molecule has 164 valence electrons. The molecule has 3 aromatic rings. The lowest BCUT2D eigenvalue weighted by atomic mass is 10.1. The fourth-order valence-corrected chi connectivity index (χ4v) is 3.66. The highest BCUT2D eigenvalue weighted by Crippen LogP contribution is 2.26. The molecule has 3 N–H and O–H groups in total. The average Bonchev–Trinajstić information content (AvgIpc) is 3.20. The number of amides is 1. The number of hydrogen-bond acceptors (Lipinski definition) is 6. The van der Waals surface area contributed by atoms with E-state index in [1.807, 2.05) is 12.3 Å². The number of piperidine rings is 1. The molecule has 11 heteroatoms. The Bertz CT molecular complexity index is 1050. The molecule has 1 fully saturated rings. The Kier molecular flexibility index (Phi) is 5.83. The molecule has 0 spiro atoms. The van der Waals surface area contributed by atoms with Crippen molar-refractivity contribution in [1.29, 1.82) is 0 Å². The fourth-order valence-electron chi connectivity index (χ4n) is 3.66. The predicted octanol–water partition coefficient (Wildman–Crippen LogP) is 3.05. The zero-order valence-corrected chi connectivity index (χ0v) is 16.4. The van der Waals surface area contributed by atoms with Crippen LogP contribution in [0.4, 0.5) is 24.7 Å². The van der Waals surface area contributed by atoms with Crippen LogP contribution in [0.2, 0.25) is 0 Å². The molecule has 1 aliphatic rings. The van der Waals surface area contributed by atoms with Gasteiger partial charge < -0.3 is 25.3 Å². The number of aromatic nitrogens is 3. The van der Waals surface area contributed by atoms with Crippen molar-refractivity contribution in [1.82, 2.24) is 20.3 Å². The number of carbonyl (C=O) groups excluding carboxylic acids is 1. The number of aromatic amines is 1. The maximum absolute atomic E-state index is 12.4. The third-order valence-corrected chi connectivity index (χ3v) is 4.94. The molecule has 1 amide bonds. The summed E-state index contributed by atoms with van der Waals surface area (Å²) in [6.07, 6.45) is 0.283. The van der Waals surface area contributed by atoms with Gasteiger partial charge in [-0.05, 0) is 31.0 Å². The van der Waals surface area contributed by atoms with Gasteiger partial charge in [-0.1, -0.05) is 6.07 Å². The second kappa shape index (κ2) is 8.70. The number of fused-ring (bicyclic) bond motifs is 1. The van der Waals surface area contributed by atoms with Gasteiger partial charge >= 0.3 is 6.36 Å². The minimum atomic E-state index is -4.77. The van der Waals surface area contributed by atoms with Crippen LogP contribution in [0.1, 0.15) is 12.8 Å². The maximum atomic E-state index is 12.4. The van der Waals surface area contributed by atoms with Crippen LogP contribution in [0.15, 0.2) is 42.9 Å². The van der Waals surface area contributed by atoms with Crippen LogP contribution in [0, 0.1) is 0 Å². The predicted molar refractivity (Wildman–Crippen MR) is 109 cm³/mol. The van der Waals surface area contributed by atoms with Gasteiger partial charge in [0, 0.05) is 37.1 Å². The van der Waals surface area contributed by atoms with E-state index in [1.165, 1.54) is 24.5 Å². The molecule has 0 unspecified atom stereocenters. The normalized spacial score (nSPS) is 16.9. The molecule has 1 aliphatic heterocycles. The summed E-state index contributed by atoms with van der Waals surface area (Å²) in [7, 11) is 0. The van der Waals surface area contributed by atoms with Crippen molar-refractivity contribution in [3.63, 3.8) is 0 Å². The monoisotopic (exact) mass is 434 g/mol. The number of hydrogen-bond donors (Lipinski definition) is 3. The second-order valence-corrected chi connectivity index (χ2v) is 7.22. The minimum Gasteiger partial charge on any atom is -0.406 e. The molecule has 1 aromatic carbocycles. The van der Waals surface area contributed by atoms with Crippen molar-refractivity contribution in [2.45, 2.75) is 25.2 Å². The lowest BCUT2D eigenvalue weighted by Crippen LogP contribution is -2.49. The fraction of sp³-hybridized carbons (Fsp3) is 0.350. The first-order valence-corrected chi connectivity index (χ1v) is 9.79. The molecule has 31 heavy (non-hydrogen) atoms. The number of halogens is 3. The number of rotatable bonds is 6. The van der Waals surface area contributed by atoms with Crippen LogP contribution in [-0.4, -0.2) is 52.9 Å². The lowest BCUT2D eigenvalue weighted by Gasteiger charge is -2.34. The summed E-state index contributed by atoms with van der Waals surface area (Å²) in [5.41, 5.74) is 1.12. The first-order valence-electron chi connectivity index (χ1n) is 9.79. The number of anilines is 2. The molecule has 4 rings (SSSR count). The highest BCUT2D eigenvalue weighted by molar-refractivity contribution is 5.87. The van der Waals surface area contributed by atoms with Crippen molar-refractivity contribution in [2.24, 2.45) is 0 Å². The SMILES string of the molecule is O=C(CNc1cccc(OC(F)(F)F)c1)N[C@@H]1CCCN(c2ncnc3[nH]ccc23)C1. The summed E-state index contributed by atoms with van der Waals surface area (Å²) in [6, 6.07) is 7.24. The third-order valence-electron chi connectivity index (χ3n) is 4.94. The summed E-state index contributed by atoms with van der Waals surface area (Å²) in [5.74, 6) is 0.232. The first-order chi connectivity index (χ1) is 14.9. The Hall–Kier alpha value is -3.50. The van der Waals surface area contributed by atoms with Crippen LogP contribution in [0.25, 0.3) is 11.0 Å². The summed E-state index contributed by atoms with van der Waals surface area (Å²) in [5, 5.41) is 6.73. The highest BCUT2D eigenvalue weighted by atomic mass is 19.4. The van der Waals surface area contributed by atoms with E-state index in [0.717, 1.165) is 36.2 Å². The molecule has 0 radical (unpaired) electrons. The summed E-state index contributed by atoms with van der Waals surface area (Å²) >= 11 is 0. The second-order valence-electron chi connectivity index (χ2n) is 7.22. The molecule has 1 atom stereocenters. The van der Waals surface area contributed by atoms with Crippen LogP contribution in [0.5, 0.6) is 5.75 Å². The zero-order chi connectivity index (χ0) is 21.8. The smallest absolute Gasteiger partial charge is 0.406 e. The maximum Gasteiger partial charge on any atom is 0.573 e. The number of benzene rings is 1. The van der Waals surface area contributed by atoms with Crippen LogP contribution in [-0.2, 0) is 4.79 Å². The number of nitrogens with zero attached hydrogens (tertiary/aromatic N) is 3. The van der Waals surface area contributed by atoms with E-state index < -0.39 is 6.36 Å². The van der Waals surface area contributed by atoms with Gasteiger partial charge in [0.1, 0.15) is 23.5 Å². The molecule has 8 nitrogen and oxygen atoms in total. The molecule has 0 bridgehead atoms. The van der Waals surface area contributed by atoms with E-state index in [-0.39, 0.29) is 24.2 Å². The number of H-pyrrole nitrogens is 1. The topological polar surface area (TPSA) is 95.2 Å². The number of nitrogens with one attached hydrogen (secondary N) is 3. The quantitative estimate of drug-likeness (QED) is 0.552. The van der Waals surface area contributed by atoms with Gasteiger partial charge in [0.25, 0.3) is 0 Å². The van der Waals surface area contributed by atoms with Gasteiger partial charge in [0.2, 0.25) is 5.91 Å². The number of ether oxygens (including phenoxy) is 1. The number of carbonyl (C=O) groups is 1. The van der Waals surface area contributed by atoms with Crippen molar-refractivity contribution in [3.8, 4) is 5.75 Å². The Morgan fingerprint density at radius 2 is 2.16 bits per heavy atom. The molecule has 2 aromatic heterocycles. The Balaban J connectivity index is 1.32. The third kappa shape index (κ3) is 5.36. The van der Waals surface area contributed by atoms with Gasteiger partial charge in [0.15, 0.2) is 0 Å². The van der Waals surface area contributed by atoms with Crippen LogP contribution < -0.4 is 20.3 Å². The van der Waals surface area contributed by atoms with E-state index in [4.69, 9.17) is 0 Å². The Morgan fingerprint density at radius 1 is 1.29 bits per heavy atom. The molecule has 0 saturated carbocycles. The van der Waals surface area contributed by atoms with E-state index in [9.17, 15) is 18.0 Å². The van der Waals surface area contributed by atoms with E-state index in [1.54, 1.807) is 6.07 Å². The highest BCUT2D eigenvalue weighted by Gasteiger charge is 2.31. The van der Waals surface area contributed by atoms with E-state index >= 15 is 0 Å². The van der Waals surface area contributed by atoms with Crippen molar-refractivity contribution in [3.05, 3.63) is 42.9 Å². The molecule has 0 aliphatic carbocycles. The molecule has 1 saturated heterocycles. The van der Waals surface area contributed by atoms with Crippen molar-refractivity contribution in [2.75, 3.05) is 29.9 Å². The van der Waals surface area contributed by atoms with Crippen LogP contribution >= 0.6 is 0 Å². The average molecular weight is 434 g/mol. The number of alkyl halides is 3. The van der Waals surface area contributed by atoms with Crippen molar-refractivity contribution < 1.29 is 22.7 Å². The van der Waals surface area contributed by atoms with E-state index in [2.05, 4.69) is 35.2 Å². The summed E-state index contributed by atoms with van der Waals surface area (Å²) in [4.78, 5) is 26.2. The Labute approximate surface area is 175 Å². The standard InChI is InChI=1S/C20H21F3N6O2/c21-20(22,23)31-15-5-1-3-13(9-15)25-10-17(30)28-14-4-2-8-29(11-14)19-16-6-7-24-18(16)26-12-27-19/h1,3,5-7,9,12,14,25H,2,4,8,10-11H2,(H,28,30)(H,24,26,27)/t14-/m1/s1. The van der Waals surface area contributed by atoms with Gasteiger partial charge in [-0.15, -0.1) is 13.2 Å².